The van der Waals surface area contributed by atoms with Crippen LogP contribution in [0.4, 0.5) is 0 Å². The smallest absolute Gasteiger partial charge is 0.316 e. The molecule has 2 aromatic rings. The number of aromatic nitrogens is 2. The maximum Gasteiger partial charge on any atom is 0.316 e. The van der Waals surface area contributed by atoms with Crippen LogP contribution in [0.2, 0.25) is 0 Å². The second-order valence-electron chi connectivity index (χ2n) is 3.69. The maximum atomic E-state index is 12.0. The van der Waals surface area contributed by atoms with Gasteiger partial charge in [0.05, 0.1) is 19.8 Å². The lowest BCUT2D eigenvalue weighted by Crippen LogP contribution is -2.31. The molecule has 2 aromatic heterocycles. The minimum Gasteiger partial charge on any atom is -0.467 e. The van der Waals surface area contributed by atoms with Gasteiger partial charge in [0, 0.05) is 6.20 Å². The zero-order valence-electron chi connectivity index (χ0n) is 10.2. The number of thiophene rings is 1. The molecule has 0 saturated heterocycles. The van der Waals surface area contributed by atoms with Crippen molar-refractivity contribution in [3.63, 3.8) is 0 Å². The highest BCUT2D eigenvalue weighted by atomic mass is 32.1. The Morgan fingerprint density at radius 2 is 2.42 bits per heavy atom. The Balaban J connectivity index is 2.11. The average Bonchev–Trinajstić information content (AvgIpc) is 2.98. The number of aliphatic hydroxyl groups is 1. The molecule has 0 spiro atoms. The van der Waals surface area contributed by atoms with Gasteiger partial charge in [0.15, 0.2) is 0 Å². The highest BCUT2D eigenvalue weighted by Crippen LogP contribution is 2.16. The molecule has 7 heteroatoms. The number of aliphatic hydroxyl groups excluding tert-OH is 1. The predicted octanol–water partition coefficient (Wildman–Crippen LogP) is 1.01. The van der Waals surface area contributed by atoms with E-state index < -0.39 is 6.04 Å². The Morgan fingerprint density at radius 1 is 1.58 bits per heavy atom. The molecule has 1 unspecified atom stereocenters. The van der Waals surface area contributed by atoms with E-state index >= 15 is 0 Å². The molecular weight excluding hydrogens is 266 g/mol. The van der Waals surface area contributed by atoms with E-state index in [1.54, 1.807) is 0 Å². The number of nitrogens with one attached hydrogen (secondary N) is 1. The van der Waals surface area contributed by atoms with Crippen LogP contribution in [0.25, 0.3) is 0 Å². The van der Waals surface area contributed by atoms with Crippen molar-refractivity contribution < 1.29 is 14.6 Å². The first kappa shape index (κ1) is 13.4. The fourth-order valence-corrected chi connectivity index (χ4v) is 2.22. The van der Waals surface area contributed by atoms with Crippen LogP contribution in [0, 0.1) is 0 Å². The first-order valence-corrected chi connectivity index (χ1v) is 6.49. The molecule has 0 aliphatic heterocycles. The van der Waals surface area contributed by atoms with Gasteiger partial charge >= 0.3 is 6.01 Å². The molecule has 1 atom stereocenters. The van der Waals surface area contributed by atoms with Crippen LogP contribution >= 0.6 is 11.3 Å². The highest BCUT2D eigenvalue weighted by Gasteiger charge is 2.16. The fourth-order valence-electron chi connectivity index (χ4n) is 1.51. The Bertz CT molecular complexity index is 545. The molecular formula is C12H13N3O3S. The van der Waals surface area contributed by atoms with Gasteiger partial charge in [0.2, 0.25) is 0 Å². The molecule has 19 heavy (non-hydrogen) atoms. The van der Waals surface area contributed by atoms with Gasteiger partial charge in [0.1, 0.15) is 5.69 Å². The van der Waals surface area contributed by atoms with Gasteiger partial charge in [-0.1, -0.05) is 0 Å². The van der Waals surface area contributed by atoms with Crippen LogP contribution in [0.15, 0.2) is 29.1 Å². The molecule has 0 radical (unpaired) electrons. The Morgan fingerprint density at radius 3 is 3.05 bits per heavy atom. The summed E-state index contributed by atoms with van der Waals surface area (Å²) in [5, 5.41) is 15.8. The van der Waals surface area contributed by atoms with E-state index in [-0.39, 0.29) is 24.2 Å². The van der Waals surface area contributed by atoms with Crippen LogP contribution in [-0.4, -0.2) is 34.7 Å². The third-order valence-electron chi connectivity index (χ3n) is 2.48. The largest absolute Gasteiger partial charge is 0.467 e. The molecule has 0 aliphatic carbocycles. The van der Waals surface area contributed by atoms with Gasteiger partial charge in [-0.15, -0.1) is 0 Å². The van der Waals surface area contributed by atoms with E-state index in [1.165, 1.54) is 30.7 Å². The summed E-state index contributed by atoms with van der Waals surface area (Å²) in [6.07, 6.45) is 1.44. The average molecular weight is 279 g/mol. The second-order valence-corrected chi connectivity index (χ2v) is 4.47. The van der Waals surface area contributed by atoms with Crippen molar-refractivity contribution in [2.45, 2.75) is 6.04 Å². The van der Waals surface area contributed by atoms with E-state index in [0.29, 0.717) is 0 Å². The van der Waals surface area contributed by atoms with E-state index in [1.807, 2.05) is 16.8 Å². The van der Waals surface area contributed by atoms with Gasteiger partial charge in [-0.3, -0.25) is 4.79 Å². The van der Waals surface area contributed by atoms with E-state index in [0.717, 1.165) is 5.56 Å². The SMILES string of the molecule is COc1nccc(C(=O)NC(CO)c2ccsc2)n1. The number of carbonyl (C=O) groups excluding carboxylic acids is 1. The van der Waals surface area contributed by atoms with Gasteiger partial charge in [0.25, 0.3) is 5.91 Å². The predicted molar refractivity (Wildman–Crippen MR) is 70.2 cm³/mol. The number of carbonyl (C=O) groups is 1. The topological polar surface area (TPSA) is 84.3 Å². The van der Waals surface area contributed by atoms with Gasteiger partial charge in [-0.05, 0) is 28.5 Å². The summed E-state index contributed by atoms with van der Waals surface area (Å²) < 4.78 is 4.86. The molecule has 2 rings (SSSR count). The number of hydrogen-bond acceptors (Lipinski definition) is 6. The Kier molecular flexibility index (Phi) is 4.43. The van der Waals surface area contributed by atoms with E-state index in [9.17, 15) is 9.90 Å². The molecule has 1 amide bonds. The standard InChI is InChI=1S/C12H13N3O3S/c1-18-12-13-4-2-9(15-12)11(17)14-10(6-16)8-3-5-19-7-8/h2-5,7,10,16H,6H2,1H3,(H,14,17). The monoisotopic (exact) mass is 279 g/mol. The minimum atomic E-state index is -0.445. The molecule has 0 aromatic carbocycles. The number of methoxy groups -OCH3 is 1. The molecule has 6 nitrogen and oxygen atoms in total. The summed E-state index contributed by atoms with van der Waals surface area (Å²) in [7, 11) is 1.43. The molecule has 0 aliphatic rings. The number of hydrogen-bond donors (Lipinski definition) is 2. The third-order valence-corrected chi connectivity index (χ3v) is 3.18. The number of rotatable bonds is 5. The second kappa shape index (κ2) is 6.26. The fraction of sp³-hybridized carbons (Fsp3) is 0.250. The highest BCUT2D eigenvalue weighted by molar-refractivity contribution is 7.07. The third kappa shape index (κ3) is 3.27. The van der Waals surface area contributed by atoms with Crippen molar-refractivity contribution in [3.05, 3.63) is 40.3 Å². The van der Waals surface area contributed by atoms with Crippen molar-refractivity contribution in [2.75, 3.05) is 13.7 Å². The van der Waals surface area contributed by atoms with Crippen molar-refractivity contribution in [2.24, 2.45) is 0 Å². The van der Waals surface area contributed by atoms with Crippen molar-refractivity contribution >= 4 is 17.2 Å². The van der Waals surface area contributed by atoms with Gasteiger partial charge in [-0.25, -0.2) is 4.98 Å². The van der Waals surface area contributed by atoms with E-state index in [2.05, 4.69) is 15.3 Å². The summed E-state index contributed by atoms with van der Waals surface area (Å²) in [5.41, 5.74) is 1.06. The van der Waals surface area contributed by atoms with E-state index in [4.69, 9.17) is 4.74 Å². The van der Waals surface area contributed by atoms with Crippen molar-refractivity contribution in [1.82, 2.24) is 15.3 Å². The Hall–Kier alpha value is -1.99. The summed E-state index contributed by atoms with van der Waals surface area (Å²) in [4.78, 5) is 19.8. The molecule has 2 heterocycles. The molecule has 0 bridgehead atoms. The summed E-state index contributed by atoms with van der Waals surface area (Å²) in [5.74, 6) is -0.383. The zero-order chi connectivity index (χ0) is 13.7. The van der Waals surface area contributed by atoms with Crippen LogP contribution in [0.5, 0.6) is 6.01 Å². The van der Waals surface area contributed by atoms with Gasteiger partial charge in [-0.2, -0.15) is 16.3 Å². The molecule has 100 valence electrons. The number of amides is 1. The molecule has 0 fully saturated rings. The Labute approximate surface area is 114 Å². The normalized spacial score (nSPS) is 11.9. The van der Waals surface area contributed by atoms with Crippen LogP contribution in [0.1, 0.15) is 22.1 Å². The lowest BCUT2D eigenvalue weighted by molar-refractivity contribution is 0.0910. The summed E-state index contributed by atoms with van der Waals surface area (Å²) >= 11 is 1.50. The molecule has 0 saturated carbocycles. The summed E-state index contributed by atoms with van der Waals surface area (Å²) in [6.45, 7) is -0.176. The first-order chi connectivity index (χ1) is 9.24. The van der Waals surface area contributed by atoms with Crippen LogP contribution < -0.4 is 10.1 Å². The zero-order valence-corrected chi connectivity index (χ0v) is 11.1. The lowest BCUT2D eigenvalue weighted by atomic mass is 10.1. The van der Waals surface area contributed by atoms with Crippen LogP contribution in [-0.2, 0) is 0 Å². The quantitative estimate of drug-likeness (QED) is 0.853. The minimum absolute atomic E-state index is 0.128. The van der Waals surface area contributed by atoms with Crippen molar-refractivity contribution in [3.8, 4) is 6.01 Å². The molecule has 2 N–H and O–H groups in total. The maximum absolute atomic E-state index is 12.0. The van der Waals surface area contributed by atoms with Gasteiger partial charge < -0.3 is 15.2 Å². The first-order valence-electron chi connectivity index (χ1n) is 5.55. The number of nitrogens with zero attached hydrogens (tertiary/aromatic N) is 2. The van der Waals surface area contributed by atoms with Crippen LogP contribution in [0.3, 0.4) is 0 Å². The van der Waals surface area contributed by atoms with Crippen molar-refractivity contribution in [1.29, 1.82) is 0 Å². The number of ether oxygens (including phenoxy) is 1. The lowest BCUT2D eigenvalue weighted by Gasteiger charge is -2.14. The summed E-state index contributed by atoms with van der Waals surface area (Å²) in [6, 6.07) is 3.02.